The molecule has 2 aromatic rings. The molecule has 0 fully saturated rings. The quantitative estimate of drug-likeness (QED) is 0.370. The van der Waals surface area contributed by atoms with E-state index in [0.717, 1.165) is 38.5 Å². The van der Waals surface area contributed by atoms with Gasteiger partial charge in [-0.2, -0.15) is 0 Å². The summed E-state index contributed by atoms with van der Waals surface area (Å²) in [4.78, 5) is 24.4. The number of anilines is 2. The minimum Gasteiger partial charge on any atom is -0.326 e. The maximum Gasteiger partial charge on any atom is 0.255 e. The Kier molecular flexibility index (Phi) is 10.4. The molecule has 0 aliphatic heterocycles. The van der Waals surface area contributed by atoms with Gasteiger partial charge in [0.15, 0.2) is 0 Å². The van der Waals surface area contributed by atoms with Gasteiger partial charge in [-0.1, -0.05) is 39.5 Å². The van der Waals surface area contributed by atoms with E-state index in [9.17, 15) is 18.0 Å². The Labute approximate surface area is 191 Å². The summed E-state index contributed by atoms with van der Waals surface area (Å²) in [5.74, 6) is -0.368. The number of hydrogen-bond donors (Lipinski definition) is 3. The Balaban J connectivity index is 1.90. The Hall–Kier alpha value is -2.71. The molecular weight excluding hydrogens is 426 g/mol. The lowest BCUT2D eigenvalue weighted by molar-refractivity contribution is -0.116. The van der Waals surface area contributed by atoms with Gasteiger partial charge in [-0.25, -0.2) is 13.1 Å². The van der Waals surface area contributed by atoms with E-state index >= 15 is 0 Å². The summed E-state index contributed by atoms with van der Waals surface area (Å²) in [6.45, 7) is 4.55. The van der Waals surface area contributed by atoms with Gasteiger partial charge >= 0.3 is 0 Å². The van der Waals surface area contributed by atoms with E-state index in [1.807, 2.05) is 6.92 Å². The molecule has 0 saturated heterocycles. The summed E-state index contributed by atoms with van der Waals surface area (Å²) in [6, 6.07) is 12.7. The molecule has 0 radical (unpaired) electrons. The van der Waals surface area contributed by atoms with Crippen molar-refractivity contribution in [3.05, 3.63) is 54.1 Å². The van der Waals surface area contributed by atoms with Gasteiger partial charge in [0.1, 0.15) is 0 Å². The molecule has 0 spiro atoms. The number of amides is 2. The van der Waals surface area contributed by atoms with Crippen LogP contribution in [-0.2, 0) is 14.8 Å². The van der Waals surface area contributed by atoms with Crippen molar-refractivity contribution < 1.29 is 18.0 Å². The summed E-state index contributed by atoms with van der Waals surface area (Å²) < 4.78 is 27.3. The Bertz CT molecular complexity index is 971. The second-order valence-corrected chi connectivity index (χ2v) is 9.43. The number of nitrogens with one attached hydrogen (secondary N) is 3. The molecule has 0 atom stereocenters. The van der Waals surface area contributed by atoms with E-state index in [1.165, 1.54) is 12.1 Å². The molecule has 0 saturated carbocycles. The Morgan fingerprint density at radius 2 is 1.34 bits per heavy atom. The van der Waals surface area contributed by atoms with E-state index in [4.69, 9.17) is 0 Å². The van der Waals surface area contributed by atoms with Crippen molar-refractivity contribution >= 4 is 33.2 Å². The highest BCUT2D eigenvalue weighted by Crippen LogP contribution is 2.16. The first-order valence-electron chi connectivity index (χ1n) is 11.2. The molecule has 0 heterocycles. The summed E-state index contributed by atoms with van der Waals surface area (Å²) in [6.07, 6.45) is 6.25. The summed E-state index contributed by atoms with van der Waals surface area (Å²) in [7, 11) is -3.56. The first kappa shape index (κ1) is 25.5. The fraction of sp³-hybridized carbons (Fsp3) is 0.417. The number of sulfonamides is 1. The van der Waals surface area contributed by atoms with Gasteiger partial charge < -0.3 is 10.6 Å². The van der Waals surface area contributed by atoms with Gasteiger partial charge in [-0.3, -0.25) is 9.59 Å². The van der Waals surface area contributed by atoms with Crippen molar-refractivity contribution in [3.63, 3.8) is 0 Å². The van der Waals surface area contributed by atoms with Crippen LogP contribution >= 0.6 is 0 Å². The fourth-order valence-electron chi connectivity index (χ4n) is 3.03. The molecule has 0 aliphatic rings. The maximum absolute atomic E-state index is 12.5. The van der Waals surface area contributed by atoms with Crippen molar-refractivity contribution in [2.24, 2.45) is 0 Å². The molecule has 0 aromatic heterocycles. The number of carbonyl (C=O) groups is 2. The van der Waals surface area contributed by atoms with Crippen LogP contribution in [0, 0.1) is 0 Å². The van der Waals surface area contributed by atoms with Gasteiger partial charge in [-0.15, -0.1) is 0 Å². The van der Waals surface area contributed by atoms with Crippen molar-refractivity contribution in [3.8, 4) is 0 Å². The van der Waals surface area contributed by atoms with Crippen molar-refractivity contribution in [1.29, 1.82) is 0 Å². The van der Waals surface area contributed by atoms with Crippen LogP contribution in [-0.4, -0.2) is 26.8 Å². The summed E-state index contributed by atoms with van der Waals surface area (Å²) in [5.41, 5.74) is 1.57. The van der Waals surface area contributed by atoms with Crippen molar-refractivity contribution in [2.75, 3.05) is 17.2 Å². The molecule has 32 heavy (non-hydrogen) atoms. The van der Waals surface area contributed by atoms with E-state index in [-0.39, 0.29) is 16.7 Å². The molecule has 2 aromatic carbocycles. The number of rotatable bonds is 13. The highest BCUT2D eigenvalue weighted by molar-refractivity contribution is 7.89. The van der Waals surface area contributed by atoms with Gasteiger partial charge in [0.25, 0.3) is 5.91 Å². The average Bonchev–Trinajstić information content (AvgIpc) is 2.78. The highest BCUT2D eigenvalue weighted by atomic mass is 32.2. The van der Waals surface area contributed by atoms with Crippen LogP contribution in [0.5, 0.6) is 0 Å². The molecule has 174 valence electrons. The molecule has 3 N–H and O–H groups in total. The Morgan fingerprint density at radius 1 is 0.750 bits per heavy atom. The van der Waals surface area contributed by atoms with Crippen LogP contribution in [0.4, 0.5) is 11.4 Å². The minimum atomic E-state index is -3.56. The summed E-state index contributed by atoms with van der Waals surface area (Å²) in [5, 5.41) is 5.55. The zero-order valence-electron chi connectivity index (χ0n) is 18.8. The molecular formula is C24H33N3O4S. The monoisotopic (exact) mass is 459 g/mol. The van der Waals surface area contributed by atoms with Crippen LogP contribution in [0.15, 0.2) is 53.4 Å². The average molecular weight is 460 g/mol. The van der Waals surface area contributed by atoms with Crippen molar-refractivity contribution in [1.82, 2.24) is 4.72 Å². The molecule has 0 bridgehead atoms. The number of benzene rings is 2. The number of carbonyl (C=O) groups excluding carboxylic acids is 2. The van der Waals surface area contributed by atoms with Gasteiger partial charge in [0.2, 0.25) is 15.9 Å². The predicted octanol–water partition coefficient (Wildman–Crippen LogP) is 4.93. The topological polar surface area (TPSA) is 104 Å². The first-order chi connectivity index (χ1) is 15.4. The van der Waals surface area contributed by atoms with E-state index in [2.05, 4.69) is 22.3 Å². The lowest BCUT2D eigenvalue weighted by Gasteiger charge is -2.09. The lowest BCUT2D eigenvalue weighted by Crippen LogP contribution is -2.24. The zero-order chi connectivity index (χ0) is 23.4. The van der Waals surface area contributed by atoms with Crippen LogP contribution in [0.3, 0.4) is 0 Å². The van der Waals surface area contributed by atoms with Crippen LogP contribution < -0.4 is 15.4 Å². The lowest BCUT2D eigenvalue weighted by atomic mass is 10.1. The van der Waals surface area contributed by atoms with Crippen molar-refractivity contribution in [2.45, 2.75) is 63.7 Å². The summed E-state index contributed by atoms with van der Waals surface area (Å²) >= 11 is 0. The number of hydrogen-bond acceptors (Lipinski definition) is 4. The first-order valence-corrected chi connectivity index (χ1v) is 12.6. The Morgan fingerprint density at radius 3 is 1.97 bits per heavy atom. The normalized spacial score (nSPS) is 11.2. The third kappa shape index (κ3) is 8.43. The highest BCUT2D eigenvalue weighted by Gasteiger charge is 2.14. The molecule has 0 unspecified atom stereocenters. The van der Waals surface area contributed by atoms with E-state index in [1.54, 1.807) is 36.4 Å². The van der Waals surface area contributed by atoms with Crippen LogP contribution in [0.2, 0.25) is 0 Å². The second kappa shape index (κ2) is 13.0. The van der Waals surface area contributed by atoms with Crippen LogP contribution in [0.1, 0.15) is 69.2 Å². The molecule has 0 aliphatic carbocycles. The van der Waals surface area contributed by atoms with Gasteiger partial charge in [0.05, 0.1) is 4.90 Å². The smallest absolute Gasteiger partial charge is 0.255 e. The van der Waals surface area contributed by atoms with Gasteiger partial charge in [-0.05, 0) is 61.4 Å². The predicted molar refractivity (Wildman–Crippen MR) is 128 cm³/mol. The van der Waals surface area contributed by atoms with Gasteiger partial charge in [0, 0.05) is 29.9 Å². The van der Waals surface area contributed by atoms with E-state index < -0.39 is 10.0 Å². The van der Waals surface area contributed by atoms with Crippen LogP contribution in [0.25, 0.3) is 0 Å². The number of unbranched alkanes of at least 4 members (excludes halogenated alkanes) is 4. The third-order valence-electron chi connectivity index (χ3n) is 4.93. The largest absolute Gasteiger partial charge is 0.326 e. The molecule has 7 nitrogen and oxygen atoms in total. The second-order valence-electron chi connectivity index (χ2n) is 7.67. The SMILES string of the molecule is CCCCCCNS(=O)(=O)c1ccc(NC(=O)c2ccc(NC(=O)CCCC)cc2)cc1. The minimum absolute atomic E-state index is 0.0467. The zero-order valence-corrected chi connectivity index (χ0v) is 19.6. The molecule has 8 heteroatoms. The fourth-order valence-corrected chi connectivity index (χ4v) is 4.10. The molecule has 2 rings (SSSR count). The standard InChI is InChI=1S/C24H33N3O4S/c1-3-5-7-8-18-25-32(30,31)22-16-14-21(15-17-22)27-24(29)19-10-12-20(13-11-19)26-23(28)9-6-4-2/h10-17,25H,3-9,18H2,1-2H3,(H,26,28)(H,27,29). The third-order valence-corrected chi connectivity index (χ3v) is 6.41. The maximum atomic E-state index is 12.5. The molecule has 2 amide bonds. The van der Waals surface area contributed by atoms with E-state index in [0.29, 0.717) is 29.9 Å².